The zero-order valence-corrected chi connectivity index (χ0v) is 19.1. The maximum Gasteiger partial charge on any atom is 0.282 e. The molecule has 1 amide bonds. The molecule has 0 saturated heterocycles. The molecule has 0 unspecified atom stereocenters. The van der Waals surface area contributed by atoms with Crippen molar-refractivity contribution in [3.8, 4) is 5.69 Å². The molecular weight excluding hydrogens is 428 g/mol. The van der Waals surface area contributed by atoms with E-state index in [1.807, 2.05) is 35.8 Å². The van der Waals surface area contributed by atoms with E-state index in [1.54, 1.807) is 6.33 Å². The molecular formula is C22H22N6OS2. The van der Waals surface area contributed by atoms with Crippen LogP contribution in [0.5, 0.6) is 0 Å². The molecule has 1 N–H and O–H groups in total. The highest BCUT2D eigenvalue weighted by Crippen LogP contribution is 2.26. The van der Waals surface area contributed by atoms with Crippen molar-refractivity contribution < 1.29 is 4.79 Å². The molecule has 0 spiro atoms. The molecule has 0 bridgehead atoms. The van der Waals surface area contributed by atoms with Gasteiger partial charge in [-0.05, 0) is 38.0 Å². The van der Waals surface area contributed by atoms with Crippen molar-refractivity contribution in [3.05, 3.63) is 81.1 Å². The molecule has 0 aliphatic carbocycles. The van der Waals surface area contributed by atoms with Crippen LogP contribution < -0.4 is 5.32 Å². The maximum atomic E-state index is 12.4. The SMILES string of the molecule is Cc1ccc(CNC(=O)c2nnc(CSc3nncn3-c3ccc(C)cc3C)s2)cc1. The Morgan fingerprint density at radius 1 is 1.03 bits per heavy atom. The van der Waals surface area contributed by atoms with E-state index in [9.17, 15) is 4.79 Å². The van der Waals surface area contributed by atoms with Gasteiger partial charge in [0.15, 0.2) is 5.16 Å². The molecule has 0 radical (unpaired) electrons. The normalized spacial score (nSPS) is 10.9. The number of benzene rings is 2. The first-order valence-corrected chi connectivity index (χ1v) is 11.6. The van der Waals surface area contributed by atoms with Crippen LogP contribution in [0.3, 0.4) is 0 Å². The smallest absolute Gasteiger partial charge is 0.282 e. The number of amides is 1. The highest BCUT2D eigenvalue weighted by molar-refractivity contribution is 7.98. The summed E-state index contributed by atoms with van der Waals surface area (Å²) in [6, 6.07) is 14.3. The number of aromatic nitrogens is 5. The zero-order chi connectivity index (χ0) is 21.8. The van der Waals surface area contributed by atoms with E-state index in [2.05, 4.69) is 57.8 Å². The third-order valence-corrected chi connectivity index (χ3v) is 6.75. The second kappa shape index (κ2) is 9.40. The first kappa shape index (κ1) is 21.2. The molecule has 7 nitrogen and oxygen atoms in total. The number of hydrogen-bond donors (Lipinski definition) is 1. The summed E-state index contributed by atoms with van der Waals surface area (Å²) in [5, 5.41) is 21.3. The van der Waals surface area contributed by atoms with E-state index in [-0.39, 0.29) is 5.91 Å². The fourth-order valence-corrected chi connectivity index (χ4v) is 4.72. The first-order chi connectivity index (χ1) is 15.0. The van der Waals surface area contributed by atoms with Gasteiger partial charge in [-0.25, -0.2) is 0 Å². The number of rotatable bonds is 7. The number of nitrogens with one attached hydrogen (secondary N) is 1. The van der Waals surface area contributed by atoms with Crippen LogP contribution in [-0.4, -0.2) is 30.9 Å². The fourth-order valence-electron chi connectivity index (χ4n) is 3.06. The zero-order valence-electron chi connectivity index (χ0n) is 17.5. The Balaban J connectivity index is 1.37. The molecule has 9 heteroatoms. The summed E-state index contributed by atoms with van der Waals surface area (Å²) >= 11 is 2.81. The average Bonchev–Trinajstić information content (AvgIpc) is 3.41. The molecule has 0 aliphatic rings. The molecule has 0 aliphatic heterocycles. The number of aryl methyl sites for hydroxylation is 3. The molecule has 2 aromatic carbocycles. The van der Waals surface area contributed by atoms with E-state index >= 15 is 0 Å². The van der Waals surface area contributed by atoms with Gasteiger partial charge in [0.1, 0.15) is 11.3 Å². The van der Waals surface area contributed by atoms with Crippen LogP contribution in [0.4, 0.5) is 0 Å². The Bertz CT molecular complexity index is 1200. The standard InChI is InChI=1S/C22H22N6OS2/c1-14-4-7-17(8-5-14)11-23-20(29)21-26-25-19(31-21)12-30-22-27-24-13-28(22)18-9-6-15(2)10-16(18)3/h4-10,13H,11-12H2,1-3H3,(H,23,29). The summed E-state index contributed by atoms with van der Waals surface area (Å²) in [7, 11) is 0. The van der Waals surface area contributed by atoms with Crippen LogP contribution in [0.1, 0.15) is 37.1 Å². The largest absolute Gasteiger partial charge is 0.346 e. The highest BCUT2D eigenvalue weighted by atomic mass is 32.2. The Morgan fingerprint density at radius 3 is 2.58 bits per heavy atom. The lowest BCUT2D eigenvalue weighted by Crippen LogP contribution is -2.22. The fraction of sp³-hybridized carbons (Fsp3) is 0.227. The monoisotopic (exact) mass is 450 g/mol. The van der Waals surface area contributed by atoms with Gasteiger partial charge in [-0.3, -0.25) is 9.36 Å². The van der Waals surface area contributed by atoms with Crippen molar-refractivity contribution in [1.29, 1.82) is 0 Å². The molecule has 158 valence electrons. The molecule has 2 heterocycles. The molecule has 31 heavy (non-hydrogen) atoms. The maximum absolute atomic E-state index is 12.4. The summed E-state index contributed by atoms with van der Waals surface area (Å²) in [6.07, 6.45) is 1.71. The molecule has 0 saturated carbocycles. The Hall–Kier alpha value is -3.04. The minimum atomic E-state index is -0.215. The summed E-state index contributed by atoms with van der Waals surface area (Å²) < 4.78 is 1.97. The van der Waals surface area contributed by atoms with Crippen LogP contribution in [0.2, 0.25) is 0 Å². The van der Waals surface area contributed by atoms with Crippen molar-refractivity contribution in [2.75, 3.05) is 0 Å². The van der Waals surface area contributed by atoms with Crippen molar-refractivity contribution >= 4 is 29.0 Å². The van der Waals surface area contributed by atoms with Crippen LogP contribution in [0.25, 0.3) is 5.69 Å². The third-order valence-electron chi connectivity index (χ3n) is 4.69. The third kappa shape index (κ3) is 5.18. The molecule has 4 rings (SSSR count). The van der Waals surface area contributed by atoms with Crippen molar-refractivity contribution in [3.63, 3.8) is 0 Å². The van der Waals surface area contributed by atoms with Gasteiger partial charge in [-0.15, -0.1) is 20.4 Å². The Labute approximate surface area is 189 Å². The van der Waals surface area contributed by atoms with Gasteiger partial charge >= 0.3 is 0 Å². The summed E-state index contributed by atoms with van der Waals surface area (Å²) in [6.45, 7) is 6.64. The van der Waals surface area contributed by atoms with Crippen LogP contribution in [0.15, 0.2) is 53.9 Å². The van der Waals surface area contributed by atoms with Gasteiger partial charge < -0.3 is 5.32 Å². The van der Waals surface area contributed by atoms with E-state index < -0.39 is 0 Å². The van der Waals surface area contributed by atoms with Crippen molar-refractivity contribution in [1.82, 2.24) is 30.3 Å². The number of carbonyl (C=O) groups is 1. The number of carbonyl (C=O) groups excluding carboxylic acids is 1. The molecule has 4 aromatic rings. The predicted octanol–water partition coefficient (Wildman–Crippen LogP) is 4.27. The molecule has 2 aromatic heterocycles. The van der Waals surface area contributed by atoms with Gasteiger partial charge in [0.2, 0.25) is 5.01 Å². The average molecular weight is 451 g/mol. The van der Waals surface area contributed by atoms with Gasteiger partial charge in [0.05, 0.1) is 11.4 Å². The van der Waals surface area contributed by atoms with Gasteiger partial charge in [0, 0.05) is 6.54 Å². The van der Waals surface area contributed by atoms with Gasteiger partial charge in [-0.1, -0.05) is 70.6 Å². The summed E-state index contributed by atoms with van der Waals surface area (Å²) in [5.74, 6) is 0.347. The van der Waals surface area contributed by atoms with Crippen LogP contribution in [0, 0.1) is 20.8 Å². The topological polar surface area (TPSA) is 85.6 Å². The highest BCUT2D eigenvalue weighted by Gasteiger charge is 2.15. The number of hydrogen-bond acceptors (Lipinski definition) is 7. The van der Waals surface area contributed by atoms with Gasteiger partial charge in [0.25, 0.3) is 5.91 Å². The Kier molecular flexibility index (Phi) is 6.43. The predicted molar refractivity (Wildman–Crippen MR) is 123 cm³/mol. The van der Waals surface area contributed by atoms with Gasteiger partial charge in [-0.2, -0.15) is 0 Å². The van der Waals surface area contributed by atoms with Crippen LogP contribution >= 0.6 is 23.1 Å². The number of nitrogens with zero attached hydrogens (tertiary/aromatic N) is 5. The lowest BCUT2D eigenvalue weighted by Gasteiger charge is -2.09. The van der Waals surface area contributed by atoms with Crippen molar-refractivity contribution in [2.24, 2.45) is 0 Å². The van der Waals surface area contributed by atoms with E-state index in [4.69, 9.17) is 0 Å². The lowest BCUT2D eigenvalue weighted by molar-refractivity contribution is 0.0950. The second-order valence-electron chi connectivity index (χ2n) is 7.23. The Morgan fingerprint density at radius 2 is 1.81 bits per heavy atom. The number of thioether (sulfide) groups is 1. The van der Waals surface area contributed by atoms with Crippen molar-refractivity contribution in [2.45, 2.75) is 38.2 Å². The minimum Gasteiger partial charge on any atom is -0.346 e. The summed E-state index contributed by atoms with van der Waals surface area (Å²) in [4.78, 5) is 12.4. The van der Waals surface area contributed by atoms with E-state index in [0.717, 1.165) is 27.0 Å². The first-order valence-electron chi connectivity index (χ1n) is 9.76. The second-order valence-corrected chi connectivity index (χ2v) is 9.24. The molecule has 0 fully saturated rings. The quantitative estimate of drug-likeness (QED) is 0.423. The van der Waals surface area contributed by atoms with E-state index in [0.29, 0.717) is 17.3 Å². The van der Waals surface area contributed by atoms with E-state index in [1.165, 1.54) is 34.2 Å². The minimum absolute atomic E-state index is 0.215. The summed E-state index contributed by atoms with van der Waals surface area (Å²) in [5.41, 5.74) is 5.65. The lowest BCUT2D eigenvalue weighted by atomic mass is 10.1. The molecule has 0 atom stereocenters. The van der Waals surface area contributed by atoms with Crippen LogP contribution in [-0.2, 0) is 12.3 Å².